The lowest BCUT2D eigenvalue weighted by Gasteiger charge is -2.18. The van der Waals surface area contributed by atoms with Crippen LogP contribution in [0.1, 0.15) is 25.0 Å². The van der Waals surface area contributed by atoms with Gasteiger partial charge in [-0.2, -0.15) is 0 Å². The third-order valence-corrected chi connectivity index (χ3v) is 2.65. The molecule has 6 heteroatoms. The van der Waals surface area contributed by atoms with E-state index in [9.17, 15) is 19.4 Å². The molecule has 2 N–H and O–H groups in total. The highest BCUT2D eigenvalue weighted by Crippen LogP contribution is 2.27. The average molecular weight is 277 g/mol. The summed E-state index contributed by atoms with van der Waals surface area (Å²) in [5, 5.41) is 19.5. The summed E-state index contributed by atoms with van der Waals surface area (Å²) in [6.07, 6.45) is -3.09. The number of esters is 1. The number of ether oxygens (including phenoxy) is 1. The van der Waals surface area contributed by atoms with E-state index in [1.807, 2.05) is 0 Å². The van der Waals surface area contributed by atoms with Gasteiger partial charge in [0.2, 0.25) is 0 Å². The van der Waals surface area contributed by atoms with Crippen molar-refractivity contribution in [3.63, 3.8) is 0 Å². The maximum atomic E-state index is 12.8. The molecule has 0 radical (unpaired) electrons. The first-order chi connectivity index (χ1) is 8.45. The molecule has 0 saturated heterocycles. The Morgan fingerprint density at radius 3 is 2.72 bits per heavy atom. The predicted octanol–water partition coefficient (Wildman–Crippen LogP) is 1.83. The van der Waals surface area contributed by atoms with Gasteiger partial charge in [0, 0.05) is 10.6 Å². The van der Waals surface area contributed by atoms with Crippen molar-refractivity contribution in [2.75, 3.05) is 6.61 Å². The van der Waals surface area contributed by atoms with Crippen molar-refractivity contribution in [3.8, 4) is 0 Å². The lowest BCUT2D eigenvalue weighted by Crippen LogP contribution is -2.23. The van der Waals surface area contributed by atoms with Crippen molar-refractivity contribution in [2.24, 2.45) is 0 Å². The van der Waals surface area contributed by atoms with Gasteiger partial charge in [-0.1, -0.05) is 17.7 Å². The molecule has 0 fully saturated rings. The van der Waals surface area contributed by atoms with Crippen LogP contribution in [0, 0.1) is 5.82 Å². The minimum absolute atomic E-state index is 0.00888. The maximum absolute atomic E-state index is 12.8. The third kappa shape index (κ3) is 3.94. The first-order valence-electron chi connectivity index (χ1n) is 5.42. The zero-order valence-electron chi connectivity index (χ0n) is 9.77. The number of rotatable bonds is 5. The molecule has 1 aromatic rings. The summed E-state index contributed by atoms with van der Waals surface area (Å²) >= 11 is 5.74. The molecule has 100 valence electrons. The normalized spacial score (nSPS) is 14.1. The van der Waals surface area contributed by atoms with E-state index >= 15 is 0 Å². The van der Waals surface area contributed by atoms with Crippen molar-refractivity contribution in [1.82, 2.24) is 0 Å². The van der Waals surface area contributed by atoms with Crippen LogP contribution in [0.2, 0.25) is 5.02 Å². The molecule has 4 nitrogen and oxygen atoms in total. The molecule has 2 atom stereocenters. The van der Waals surface area contributed by atoms with Crippen LogP contribution < -0.4 is 0 Å². The lowest BCUT2D eigenvalue weighted by atomic mass is 10.0. The standard InChI is InChI=1S/C12H14ClFO4/c1-2-18-11(16)6-10(15)12(17)8-4-3-7(14)5-9(8)13/h3-5,10,12,15,17H,2,6H2,1H3. The number of halogens is 2. The van der Waals surface area contributed by atoms with Gasteiger partial charge in [-0.15, -0.1) is 0 Å². The molecule has 0 aliphatic carbocycles. The fourth-order valence-electron chi connectivity index (χ4n) is 1.45. The number of hydrogen-bond donors (Lipinski definition) is 2. The van der Waals surface area contributed by atoms with Crippen LogP contribution in [-0.4, -0.2) is 28.9 Å². The maximum Gasteiger partial charge on any atom is 0.308 e. The Morgan fingerprint density at radius 2 is 2.17 bits per heavy atom. The number of carbonyl (C=O) groups excluding carboxylic acids is 1. The van der Waals surface area contributed by atoms with E-state index in [4.69, 9.17) is 11.6 Å². The van der Waals surface area contributed by atoms with Crippen LogP contribution in [0.3, 0.4) is 0 Å². The molecule has 0 bridgehead atoms. The molecule has 0 saturated carbocycles. The highest BCUT2D eigenvalue weighted by Gasteiger charge is 2.24. The minimum atomic E-state index is -1.37. The molecule has 0 spiro atoms. The predicted molar refractivity (Wildman–Crippen MR) is 63.6 cm³/mol. The molecular formula is C12H14ClFO4. The molecule has 0 amide bonds. The second kappa shape index (κ2) is 6.68. The summed E-state index contributed by atoms with van der Waals surface area (Å²) < 4.78 is 17.5. The second-order valence-corrected chi connectivity index (χ2v) is 4.09. The van der Waals surface area contributed by atoms with Crippen molar-refractivity contribution >= 4 is 17.6 Å². The van der Waals surface area contributed by atoms with Crippen LogP contribution >= 0.6 is 11.6 Å². The Bertz CT molecular complexity index is 425. The number of hydrogen-bond acceptors (Lipinski definition) is 4. The Balaban J connectivity index is 2.73. The van der Waals surface area contributed by atoms with Crippen molar-refractivity contribution in [1.29, 1.82) is 0 Å². The van der Waals surface area contributed by atoms with E-state index < -0.39 is 24.0 Å². The van der Waals surface area contributed by atoms with Crippen molar-refractivity contribution in [3.05, 3.63) is 34.6 Å². The van der Waals surface area contributed by atoms with Gasteiger partial charge in [0.05, 0.1) is 19.1 Å². The van der Waals surface area contributed by atoms with Gasteiger partial charge in [0.1, 0.15) is 11.9 Å². The molecule has 1 aromatic carbocycles. The van der Waals surface area contributed by atoms with E-state index in [2.05, 4.69) is 4.74 Å². The summed E-state index contributed by atoms with van der Waals surface area (Å²) in [5.41, 5.74) is 0.162. The minimum Gasteiger partial charge on any atom is -0.466 e. The molecule has 0 aliphatic heterocycles. The Morgan fingerprint density at radius 1 is 1.50 bits per heavy atom. The Kier molecular flexibility index (Phi) is 5.53. The smallest absolute Gasteiger partial charge is 0.308 e. The monoisotopic (exact) mass is 276 g/mol. The summed E-state index contributed by atoms with van der Waals surface area (Å²) in [4.78, 5) is 11.1. The lowest BCUT2D eigenvalue weighted by molar-refractivity contribution is -0.147. The van der Waals surface area contributed by atoms with E-state index in [-0.39, 0.29) is 23.6 Å². The van der Waals surface area contributed by atoms with E-state index in [1.165, 1.54) is 6.07 Å². The summed E-state index contributed by atoms with van der Waals surface area (Å²) in [6, 6.07) is 3.40. The van der Waals surface area contributed by atoms with Crippen molar-refractivity contribution in [2.45, 2.75) is 25.6 Å². The van der Waals surface area contributed by atoms with E-state index in [0.717, 1.165) is 12.1 Å². The van der Waals surface area contributed by atoms with Gasteiger partial charge in [-0.05, 0) is 19.1 Å². The first kappa shape index (κ1) is 14.9. The van der Waals surface area contributed by atoms with Gasteiger partial charge < -0.3 is 14.9 Å². The van der Waals surface area contributed by atoms with Crippen LogP contribution in [0.5, 0.6) is 0 Å². The number of aliphatic hydroxyl groups excluding tert-OH is 2. The van der Waals surface area contributed by atoms with Gasteiger partial charge >= 0.3 is 5.97 Å². The molecule has 0 heterocycles. The fourth-order valence-corrected chi connectivity index (χ4v) is 1.73. The molecule has 2 unspecified atom stereocenters. The first-order valence-corrected chi connectivity index (χ1v) is 5.80. The zero-order chi connectivity index (χ0) is 13.7. The van der Waals surface area contributed by atoms with Crippen LogP contribution in [0.25, 0.3) is 0 Å². The average Bonchev–Trinajstić information content (AvgIpc) is 2.28. The van der Waals surface area contributed by atoms with Crippen LogP contribution in [0.4, 0.5) is 4.39 Å². The SMILES string of the molecule is CCOC(=O)CC(O)C(O)c1ccc(F)cc1Cl. The molecular weight excluding hydrogens is 263 g/mol. The largest absolute Gasteiger partial charge is 0.466 e. The summed E-state index contributed by atoms with van der Waals surface area (Å²) in [7, 11) is 0. The third-order valence-electron chi connectivity index (χ3n) is 2.33. The second-order valence-electron chi connectivity index (χ2n) is 3.69. The van der Waals surface area contributed by atoms with Crippen molar-refractivity contribution < 1.29 is 24.1 Å². The highest BCUT2D eigenvalue weighted by atomic mass is 35.5. The number of aliphatic hydroxyl groups is 2. The topological polar surface area (TPSA) is 66.8 Å². The summed E-state index contributed by atoms with van der Waals surface area (Å²) in [5.74, 6) is -1.17. The van der Waals surface area contributed by atoms with Crippen LogP contribution in [-0.2, 0) is 9.53 Å². The molecule has 0 aliphatic rings. The number of benzene rings is 1. The number of carbonyl (C=O) groups is 1. The van der Waals surface area contributed by atoms with Gasteiger partial charge in [0.15, 0.2) is 0 Å². The highest BCUT2D eigenvalue weighted by molar-refractivity contribution is 6.31. The molecule has 1 rings (SSSR count). The Hall–Kier alpha value is -1.17. The van der Waals surface area contributed by atoms with Gasteiger partial charge in [-0.3, -0.25) is 4.79 Å². The van der Waals surface area contributed by atoms with Gasteiger partial charge in [0.25, 0.3) is 0 Å². The fraction of sp³-hybridized carbons (Fsp3) is 0.417. The van der Waals surface area contributed by atoms with Crippen LogP contribution in [0.15, 0.2) is 18.2 Å². The molecule has 0 aromatic heterocycles. The Labute approximate surface area is 109 Å². The van der Waals surface area contributed by atoms with E-state index in [0.29, 0.717) is 0 Å². The summed E-state index contributed by atoms with van der Waals surface area (Å²) in [6.45, 7) is 1.83. The van der Waals surface area contributed by atoms with E-state index in [1.54, 1.807) is 6.92 Å². The zero-order valence-corrected chi connectivity index (χ0v) is 10.5. The van der Waals surface area contributed by atoms with Gasteiger partial charge in [-0.25, -0.2) is 4.39 Å². The molecule has 18 heavy (non-hydrogen) atoms. The quantitative estimate of drug-likeness (QED) is 0.805.